The Labute approximate surface area is 139 Å². The summed E-state index contributed by atoms with van der Waals surface area (Å²) in [5.74, 6) is -1.80. The van der Waals surface area contributed by atoms with Gasteiger partial charge in [0.2, 0.25) is 0 Å². The number of aliphatic imine (C=N–C) groups is 1. The van der Waals surface area contributed by atoms with Crippen molar-refractivity contribution in [3.8, 4) is 0 Å². The summed E-state index contributed by atoms with van der Waals surface area (Å²) in [7, 11) is 0. The number of aliphatic hydroxyl groups is 1. The van der Waals surface area contributed by atoms with E-state index in [0.29, 0.717) is 0 Å². The van der Waals surface area contributed by atoms with E-state index < -0.39 is 41.5 Å². The molecule has 0 aromatic heterocycles. The van der Waals surface area contributed by atoms with Crippen LogP contribution in [0.5, 0.6) is 0 Å². The predicted octanol–water partition coefficient (Wildman–Crippen LogP) is 3.41. The lowest BCUT2D eigenvalue weighted by Crippen LogP contribution is -2.34. The molecule has 3 atom stereocenters. The van der Waals surface area contributed by atoms with Crippen molar-refractivity contribution in [3.63, 3.8) is 0 Å². The fourth-order valence-electron chi connectivity index (χ4n) is 2.48. The monoisotopic (exact) mass is 341 g/mol. The maximum absolute atomic E-state index is 14.0. The summed E-state index contributed by atoms with van der Waals surface area (Å²) >= 11 is 0. The zero-order chi connectivity index (χ0) is 17.9. The number of aliphatic hydroxyl groups excluding tert-OH is 1. The van der Waals surface area contributed by atoms with Gasteiger partial charge in [0, 0.05) is 17.7 Å². The molecule has 1 aromatic carbocycles. The summed E-state index contributed by atoms with van der Waals surface area (Å²) in [6, 6.07) is 3.08. The second kappa shape index (κ2) is 7.36. The smallest absolute Gasteiger partial charge is 0.433 e. The van der Waals surface area contributed by atoms with Gasteiger partial charge in [0.25, 0.3) is 0 Å². The Hall–Kier alpha value is -1.86. The number of carbonyl (C=O) groups is 1. The van der Waals surface area contributed by atoms with Crippen molar-refractivity contribution in [2.45, 2.75) is 45.0 Å². The van der Waals surface area contributed by atoms with Crippen molar-refractivity contribution in [2.75, 3.05) is 6.61 Å². The molecule has 0 aliphatic carbocycles. The lowest BCUT2D eigenvalue weighted by molar-refractivity contribution is -0.0745. The molecule has 0 radical (unpaired) electrons. The highest BCUT2D eigenvalue weighted by molar-refractivity contribution is 5.80. The summed E-state index contributed by atoms with van der Waals surface area (Å²) in [4.78, 5) is 15.4. The molecule has 2 rings (SSSR count). The van der Waals surface area contributed by atoms with Crippen molar-refractivity contribution in [1.82, 2.24) is 0 Å². The molecule has 5 nitrogen and oxygen atoms in total. The van der Waals surface area contributed by atoms with Crippen molar-refractivity contribution >= 4 is 12.3 Å². The van der Waals surface area contributed by atoms with E-state index in [2.05, 4.69) is 4.99 Å². The molecule has 7 heteroatoms. The summed E-state index contributed by atoms with van der Waals surface area (Å²) in [6.45, 7) is 5.12. The zero-order valence-corrected chi connectivity index (χ0v) is 13.8. The molecule has 1 aliphatic rings. The fraction of sp³-hybridized carbons (Fsp3) is 0.529. The Kier molecular flexibility index (Phi) is 5.66. The van der Waals surface area contributed by atoms with Crippen LogP contribution >= 0.6 is 0 Å². The minimum absolute atomic E-state index is 0.00258. The van der Waals surface area contributed by atoms with Crippen LogP contribution in [0.25, 0.3) is 0 Å². The zero-order valence-electron chi connectivity index (χ0n) is 13.8. The number of rotatable bonds is 2. The van der Waals surface area contributed by atoms with Crippen LogP contribution in [0.4, 0.5) is 13.6 Å². The van der Waals surface area contributed by atoms with E-state index in [0.717, 1.165) is 18.2 Å². The van der Waals surface area contributed by atoms with Crippen LogP contribution in [0.2, 0.25) is 0 Å². The quantitative estimate of drug-likeness (QED) is 0.837. The number of amides is 1. The normalized spacial score (nSPS) is 25.0. The highest BCUT2D eigenvalue weighted by Crippen LogP contribution is 2.34. The Bertz CT molecular complexity index is 628. The van der Waals surface area contributed by atoms with Crippen LogP contribution in [-0.2, 0) is 9.47 Å². The molecule has 1 aliphatic heterocycles. The Balaban J connectivity index is 2.20. The number of benzene rings is 1. The molecule has 0 spiro atoms. The van der Waals surface area contributed by atoms with Gasteiger partial charge in [-0.3, -0.25) is 0 Å². The second-order valence-electron chi connectivity index (χ2n) is 6.73. The maximum atomic E-state index is 14.0. The minimum atomic E-state index is -0.838. The van der Waals surface area contributed by atoms with Gasteiger partial charge in [0.15, 0.2) is 0 Å². The lowest BCUT2D eigenvalue weighted by Gasteiger charge is -2.32. The van der Waals surface area contributed by atoms with Crippen LogP contribution < -0.4 is 0 Å². The van der Waals surface area contributed by atoms with Crippen molar-refractivity contribution in [1.29, 1.82) is 0 Å². The molecule has 0 bridgehead atoms. The van der Waals surface area contributed by atoms with Crippen molar-refractivity contribution < 1.29 is 28.2 Å². The summed E-state index contributed by atoms with van der Waals surface area (Å²) in [5, 5.41) is 9.75. The van der Waals surface area contributed by atoms with Crippen molar-refractivity contribution in [3.05, 3.63) is 35.4 Å². The van der Waals surface area contributed by atoms with Gasteiger partial charge in [-0.15, -0.1) is 0 Å². The Morgan fingerprint density at radius 1 is 1.42 bits per heavy atom. The Morgan fingerprint density at radius 2 is 2.12 bits per heavy atom. The van der Waals surface area contributed by atoms with Gasteiger partial charge in [0.05, 0.1) is 18.8 Å². The molecular formula is C17H21F2NO4. The number of ether oxygens (including phenoxy) is 2. The molecule has 0 saturated carbocycles. The predicted molar refractivity (Wildman–Crippen MR) is 83.9 cm³/mol. The molecule has 1 heterocycles. The summed E-state index contributed by atoms with van der Waals surface area (Å²) in [6.07, 6.45) is -0.914. The number of carbonyl (C=O) groups excluding carboxylic acids is 1. The van der Waals surface area contributed by atoms with E-state index in [1.54, 1.807) is 20.8 Å². The third-order valence-electron chi connectivity index (χ3n) is 3.43. The van der Waals surface area contributed by atoms with Crippen molar-refractivity contribution in [2.24, 2.45) is 10.9 Å². The van der Waals surface area contributed by atoms with Crippen LogP contribution in [0.1, 0.15) is 38.9 Å². The SMILES string of the molecule is CC(C)(C)OC(=O)/N=C\C1C[C@H](O)CO[C@@H]1c1cc(F)ccc1F. The largest absolute Gasteiger partial charge is 0.442 e. The number of halogens is 2. The van der Waals surface area contributed by atoms with Crippen LogP contribution in [0, 0.1) is 17.6 Å². The topological polar surface area (TPSA) is 68.1 Å². The van der Waals surface area contributed by atoms with E-state index >= 15 is 0 Å². The number of hydrogen-bond acceptors (Lipinski definition) is 4. The summed E-state index contributed by atoms with van der Waals surface area (Å²) < 4.78 is 38.0. The van der Waals surface area contributed by atoms with Crippen LogP contribution in [0.3, 0.4) is 0 Å². The third kappa shape index (κ3) is 5.07. The average Bonchev–Trinajstić information content (AvgIpc) is 2.46. The first-order chi connectivity index (χ1) is 11.2. The van der Waals surface area contributed by atoms with Gasteiger partial charge >= 0.3 is 6.09 Å². The molecule has 24 heavy (non-hydrogen) atoms. The van der Waals surface area contributed by atoms with Gasteiger partial charge in [0.1, 0.15) is 17.2 Å². The fourth-order valence-corrected chi connectivity index (χ4v) is 2.48. The summed E-state index contributed by atoms with van der Waals surface area (Å²) in [5.41, 5.74) is -0.659. The van der Waals surface area contributed by atoms with Gasteiger partial charge in [-0.2, -0.15) is 4.99 Å². The highest BCUT2D eigenvalue weighted by Gasteiger charge is 2.33. The molecule has 132 valence electrons. The van der Waals surface area contributed by atoms with Gasteiger partial charge in [-0.25, -0.2) is 13.6 Å². The van der Waals surface area contributed by atoms with E-state index in [1.807, 2.05) is 0 Å². The van der Waals surface area contributed by atoms with Gasteiger partial charge in [-0.05, 0) is 45.4 Å². The Morgan fingerprint density at radius 3 is 2.79 bits per heavy atom. The highest BCUT2D eigenvalue weighted by atomic mass is 19.1. The molecule has 1 amide bonds. The van der Waals surface area contributed by atoms with E-state index in [-0.39, 0.29) is 18.6 Å². The lowest BCUT2D eigenvalue weighted by atomic mass is 9.89. The standard InChI is InChI=1S/C17H21F2NO4/c1-17(2,3)24-16(22)20-8-10-6-12(21)9-23-15(10)13-7-11(18)4-5-14(13)19/h4-5,7-8,10,12,15,21H,6,9H2,1-3H3/b20-8-/t10?,12-,15-/m0/s1. The number of hydrogen-bond donors (Lipinski definition) is 1. The van der Waals surface area contributed by atoms with E-state index in [1.165, 1.54) is 6.21 Å². The molecular weight excluding hydrogens is 320 g/mol. The van der Waals surface area contributed by atoms with Gasteiger partial charge < -0.3 is 14.6 Å². The average molecular weight is 341 g/mol. The second-order valence-corrected chi connectivity index (χ2v) is 6.73. The molecule has 1 unspecified atom stereocenters. The van der Waals surface area contributed by atoms with E-state index in [9.17, 15) is 18.7 Å². The molecule has 1 aromatic rings. The first-order valence-electron chi connectivity index (χ1n) is 7.67. The first-order valence-corrected chi connectivity index (χ1v) is 7.67. The van der Waals surface area contributed by atoms with Crippen LogP contribution in [-0.4, -0.2) is 35.7 Å². The minimum Gasteiger partial charge on any atom is -0.442 e. The molecule has 1 saturated heterocycles. The third-order valence-corrected chi connectivity index (χ3v) is 3.43. The van der Waals surface area contributed by atoms with Gasteiger partial charge in [-0.1, -0.05) is 0 Å². The maximum Gasteiger partial charge on any atom is 0.433 e. The van der Waals surface area contributed by atoms with Crippen LogP contribution in [0.15, 0.2) is 23.2 Å². The molecule has 1 N–H and O–H groups in total. The van der Waals surface area contributed by atoms with E-state index in [4.69, 9.17) is 9.47 Å². The molecule has 1 fully saturated rings. The first kappa shape index (κ1) is 18.5. The number of nitrogens with zero attached hydrogens (tertiary/aromatic N) is 1.